The Morgan fingerprint density at radius 2 is 2.00 bits per heavy atom. The van der Waals surface area contributed by atoms with Crippen molar-refractivity contribution in [1.82, 2.24) is 16.0 Å². The fourth-order valence-corrected chi connectivity index (χ4v) is 1.81. The Balaban J connectivity index is 0.00000484. The molecule has 23 heavy (non-hydrogen) atoms. The summed E-state index contributed by atoms with van der Waals surface area (Å²) in [6.07, 6.45) is 1.77. The fraction of sp³-hybridized carbons (Fsp3) is 0.412. The molecule has 0 saturated heterocycles. The summed E-state index contributed by atoms with van der Waals surface area (Å²) in [6.45, 7) is 10.8. The normalized spacial score (nSPS) is 11.2. The van der Waals surface area contributed by atoms with Crippen LogP contribution in [0.2, 0.25) is 0 Å². The van der Waals surface area contributed by atoms with Crippen LogP contribution in [0.4, 0.5) is 0 Å². The van der Waals surface area contributed by atoms with Crippen molar-refractivity contribution in [2.75, 3.05) is 13.6 Å². The van der Waals surface area contributed by atoms with Gasteiger partial charge in [0.2, 0.25) is 0 Å². The van der Waals surface area contributed by atoms with E-state index in [9.17, 15) is 4.79 Å². The molecule has 0 bridgehead atoms. The van der Waals surface area contributed by atoms with Crippen LogP contribution in [0.1, 0.15) is 36.7 Å². The lowest BCUT2D eigenvalue weighted by Crippen LogP contribution is -2.40. The molecule has 0 radical (unpaired) electrons. The lowest BCUT2D eigenvalue weighted by Gasteiger charge is -2.20. The number of hydrogen-bond acceptors (Lipinski definition) is 2. The maximum atomic E-state index is 12.2. The Kier molecular flexibility index (Phi) is 9.55. The molecule has 0 aliphatic heterocycles. The zero-order chi connectivity index (χ0) is 16.6. The van der Waals surface area contributed by atoms with E-state index in [0.717, 1.165) is 5.56 Å². The highest BCUT2D eigenvalue weighted by molar-refractivity contribution is 14.0. The number of benzene rings is 1. The second-order valence-electron chi connectivity index (χ2n) is 6.00. The van der Waals surface area contributed by atoms with Crippen molar-refractivity contribution in [3.05, 3.63) is 48.0 Å². The first-order valence-electron chi connectivity index (χ1n) is 7.32. The van der Waals surface area contributed by atoms with E-state index in [4.69, 9.17) is 0 Å². The maximum absolute atomic E-state index is 12.2. The van der Waals surface area contributed by atoms with Gasteiger partial charge >= 0.3 is 0 Å². The number of nitrogens with zero attached hydrogens (tertiary/aromatic N) is 1. The Bertz CT molecular complexity index is 550. The molecule has 6 heteroatoms. The molecule has 128 valence electrons. The van der Waals surface area contributed by atoms with Crippen molar-refractivity contribution in [2.45, 2.75) is 32.9 Å². The van der Waals surface area contributed by atoms with Gasteiger partial charge in [-0.3, -0.25) is 9.79 Å². The molecule has 1 aromatic rings. The zero-order valence-electron chi connectivity index (χ0n) is 14.3. The maximum Gasteiger partial charge on any atom is 0.251 e. The van der Waals surface area contributed by atoms with Gasteiger partial charge in [0.25, 0.3) is 5.91 Å². The Hall–Kier alpha value is -1.57. The number of halogens is 1. The molecule has 3 N–H and O–H groups in total. The SMILES string of the molecule is C=CCNC(=NC)NCc1cccc(C(=O)NC(C)(C)C)c1.I. The number of carbonyl (C=O) groups is 1. The van der Waals surface area contributed by atoms with Crippen LogP contribution in [-0.4, -0.2) is 31.0 Å². The molecule has 0 saturated carbocycles. The summed E-state index contributed by atoms with van der Waals surface area (Å²) in [5, 5.41) is 9.25. The van der Waals surface area contributed by atoms with Gasteiger partial charge in [0, 0.05) is 31.2 Å². The van der Waals surface area contributed by atoms with Gasteiger partial charge in [0.1, 0.15) is 0 Å². The van der Waals surface area contributed by atoms with Crippen LogP contribution in [0.3, 0.4) is 0 Å². The van der Waals surface area contributed by atoms with Crippen molar-refractivity contribution in [2.24, 2.45) is 4.99 Å². The van der Waals surface area contributed by atoms with Gasteiger partial charge in [-0.1, -0.05) is 18.2 Å². The predicted molar refractivity (Wildman–Crippen MR) is 107 cm³/mol. The minimum absolute atomic E-state index is 0. The van der Waals surface area contributed by atoms with Crippen molar-refractivity contribution in [3.8, 4) is 0 Å². The van der Waals surface area contributed by atoms with Gasteiger partial charge in [0.15, 0.2) is 5.96 Å². The van der Waals surface area contributed by atoms with E-state index < -0.39 is 0 Å². The first-order valence-corrected chi connectivity index (χ1v) is 7.32. The molecule has 0 heterocycles. The van der Waals surface area contributed by atoms with E-state index >= 15 is 0 Å². The van der Waals surface area contributed by atoms with Gasteiger partial charge in [-0.15, -0.1) is 30.6 Å². The van der Waals surface area contributed by atoms with E-state index in [2.05, 4.69) is 27.5 Å². The summed E-state index contributed by atoms with van der Waals surface area (Å²) >= 11 is 0. The smallest absolute Gasteiger partial charge is 0.251 e. The highest BCUT2D eigenvalue weighted by atomic mass is 127. The van der Waals surface area contributed by atoms with E-state index in [-0.39, 0.29) is 35.4 Å². The molecule has 0 aliphatic rings. The predicted octanol–water partition coefficient (Wildman–Crippen LogP) is 2.68. The molecule has 0 atom stereocenters. The van der Waals surface area contributed by atoms with Gasteiger partial charge in [-0.2, -0.15) is 0 Å². The molecule has 0 spiro atoms. The Morgan fingerprint density at radius 3 is 2.57 bits per heavy atom. The third-order valence-electron chi connectivity index (χ3n) is 2.78. The topological polar surface area (TPSA) is 65.5 Å². The number of carbonyl (C=O) groups excluding carboxylic acids is 1. The summed E-state index contributed by atoms with van der Waals surface area (Å²) in [7, 11) is 1.71. The van der Waals surface area contributed by atoms with E-state index in [0.29, 0.717) is 24.6 Å². The Morgan fingerprint density at radius 1 is 1.30 bits per heavy atom. The number of guanidine groups is 1. The zero-order valence-corrected chi connectivity index (χ0v) is 16.6. The number of hydrogen-bond donors (Lipinski definition) is 3. The van der Waals surface area contributed by atoms with Crippen molar-refractivity contribution in [1.29, 1.82) is 0 Å². The molecule has 1 amide bonds. The summed E-state index contributed by atoms with van der Waals surface area (Å²) in [6, 6.07) is 7.56. The lowest BCUT2D eigenvalue weighted by atomic mass is 10.1. The first-order chi connectivity index (χ1) is 10.4. The molecule has 1 aromatic carbocycles. The molecule has 5 nitrogen and oxygen atoms in total. The van der Waals surface area contributed by atoms with Crippen molar-refractivity contribution in [3.63, 3.8) is 0 Å². The average molecular weight is 430 g/mol. The average Bonchev–Trinajstić information content (AvgIpc) is 2.46. The number of aliphatic imine (C=N–C) groups is 1. The van der Waals surface area contributed by atoms with Crippen LogP contribution >= 0.6 is 24.0 Å². The van der Waals surface area contributed by atoms with Gasteiger partial charge in [-0.25, -0.2) is 0 Å². The highest BCUT2D eigenvalue weighted by Gasteiger charge is 2.15. The third-order valence-corrected chi connectivity index (χ3v) is 2.78. The standard InChI is InChI=1S/C17H26N4O.HI/c1-6-10-19-16(18-5)20-12-13-8-7-9-14(11-13)15(22)21-17(2,3)4;/h6-9,11H,1,10,12H2,2-5H3,(H,21,22)(H2,18,19,20);1H. The van der Waals surface area contributed by atoms with Crippen molar-refractivity contribution >= 4 is 35.8 Å². The van der Waals surface area contributed by atoms with Gasteiger partial charge in [-0.05, 0) is 38.5 Å². The van der Waals surface area contributed by atoms with Gasteiger partial charge < -0.3 is 16.0 Å². The second kappa shape index (κ2) is 10.3. The Labute approximate surface area is 156 Å². The third kappa shape index (κ3) is 8.59. The second-order valence-corrected chi connectivity index (χ2v) is 6.00. The molecule has 0 fully saturated rings. The van der Waals surface area contributed by atoms with Crippen molar-refractivity contribution < 1.29 is 4.79 Å². The minimum atomic E-state index is -0.248. The van der Waals surface area contributed by atoms with Gasteiger partial charge in [0.05, 0.1) is 0 Å². The van der Waals surface area contributed by atoms with Crippen LogP contribution in [0.15, 0.2) is 41.9 Å². The first kappa shape index (κ1) is 21.4. The molecular weight excluding hydrogens is 403 g/mol. The van der Waals surface area contributed by atoms with Crippen LogP contribution in [0.5, 0.6) is 0 Å². The minimum Gasteiger partial charge on any atom is -0.353 e. The van der Waals surface area contributed by atoms with Crippen LogP contribution in [0.25, 0.3) is 0 Å². The molecule has 0 unspecified atom stereocenters. The summed E-state index contributed by atoms with van der Waals surface area (Å²) in [5.74, 6) is 0.632. The quantitative estimate of drug-likeness (QED) is 0.291. The van der Waals surface area contributed by atoms with E-state index in [1.807, 2.05) is 45.0 Å². The number of rotatable bonds is 5. The lowest BCUT2D eigenvalue weighted by molar-refractivity contribution is 0.0919. The highest BCUT2D eigenvalue weighted by Crippen LogP contribution is 2.08. The summed E-state index contributed by atoms with van der Waals surface area (Å²) < 4.78 is 0. The van der Waals surface area contributed by atoms with E-state index in [1.165, 1.54) is 0 Å². The summed E-state index contributed by atoms with van der Waals surface area (Å²) in [5.41, 5.74) is 1.42. The number of nitrogens with one attached hydrogen (secondary N) is 3. The van der Waals surface area contributed by atoms with Crippen LogP contribution < -0.4 is 16.0 Å². The molecule has 0 aliphatic carbocycles. The number of amides is 1. The fourth-order valence-electron chi connectivity index (χ4n) is 1.81. The van der Waals surface area contributed by atoms with Crippen LogP contribution in [0, 0.1) is 0 Å². The summed E-state index contributed by atoms with van der Waals surface area (Å²) in [4.78, 5) is 16.3. The molecular formula is C17H27IN4O. The van der Waals surface area contributed by atoms with E-state index in [1.54, 1.807) is 13.1 Å². The molecule has 0 aromatic heterocycles. The monoisotopic (exact) mass is 430 g/mol. The largest absolute Gasteiger partial charge is 0.353 e. The molecule has 1 rings (SSSR count). The van der Waals surface area contributed by atoms with Crippen LogP contribution in [-0.2, 0) is 6.54 Å².